The highest BCUT2D eigenvalue weighted by atomic mass is 32.2. The fourth-order valence-electron chi connectivity index (χ4n) is 4.76. The predicted octanol–water partition coefficient (Wildman–Crippen LogP) is 4.53. The van der Waals surface area contributed by atoms with Crippen molar-refractivity contribution in [2.24, 2.45) is 11.8 Å². The van der Waals surface area contributed by atoms with Crippen molar-refractivity contribution in [3.8, 4) is 0 Å². The average molecular weight is 521 g/mol. The van der Waals surface area contributed by atoms with Gasteiger partial charge in [0.15, 0.2) is 5.16 Å². The van der Waals surface area contributed by atoms with Gasteiger partial charge in [-0.3, -0.25) is 19.0 Å². The molecule has 0 spiro atoms. The van der Waals surface area contributed by atoms with Crippen molar-refractivity contribution >= 4 is 34.5 Å². The molecular weight excluding hydrogens is 484 g/mol. The van der Waals surface area contributed by atoms with Gasteiger partial charge < -0.3 is 10.6 Å². The second kappa shape index (κ2) is 12.9. The van der Waals surface area contributed by atoms with Crippen LogP contribution in [0.4, 0.5) is 0 Å². The van der Waals surface area contributed by atoms with E-state index in [0.717, 1.165) is 37.7 Å². The first-order valence-electron chi connectivity index (χ1n) is 13.2. The largest absolute Gasteiger partial charge is 0.353 e. The normalized spacial score (nSPS) is 18.3. The van der Waals surface area contributed by atoms with Crippen LogP contribution >= 0.6 is 11.8 Å². The van der Waals surface area contributed by atoms with Gasteiger partial charge in [-0.1, -0.05) is 61.2 Å². The van der Waals surface area contributed by atoms with Crippen LogP contribution < -0.4 is 16.2 Å². The molecule has 8 heteroatoms. The maximum absolute atomic E-state index is 13.4. The molecule has 1 aliphatic rings. The first-order chi connectivity index (χ1) is 17.9. The lowest BCUT2D eigenvalue weighted by atomic mass is 9.81. The van der Waals surface area contributed by atoms with Gasteiger partial charge in [0.05, 0.1) is 16.7 Å². The quantitative estimate of drug-likeness (QED) is 0.303. The van der Waals surface area contributed by atoms with Crippen LogP contribution in [0.1, 0.15) is 51.5 Å². The zero-order chi connectivity index (χ0) is 26.2. The van der Waals surface area contributed by atoms with Crippen LogP contribution in [0, 0.1) is 11.8 Å². The van der Waals surface area contributed by atoms with Gasteiger partial charge in [-0.05, 0) is 62.6 Å². The van der Waals surface area contributed by atoms with Gasteiger partial charge in [0.25, 0.3) is 5.56 Å². The number of amides is 2. The van der Waals surface area contributed by atoms with Gasteiger partial charge in [0.2, 0.25) is 11.8 Å². The summed E-state index contributed by atoms with van der Waals surface area (Å²) in [7, 11) is 0. The molecule has 2 aromatic carbocycles. The molecule has 3 aromatic rings. The molecule has 2 N–H and O–H groups in total. The number of hydrogen-bond acceptors (Lipinski definition) is 5. The van der Waals surface area contributed by atoms with Crippen molar-refractivity contribution in [2.45, 2.75) is 70.2 Å². The van der Waals surface area contributed by atoms with Crippen molar-refractivity contribution in [2.75, 3.05) is 5.75 Å². The number of fused-ring (bicyclic) bond motifs is 1. The summed E-state index contributed by atoms with van der Waals surface area (Å²) >= 11 is 1.31. The monoisotopic (exact) mass is 520 g/mol. The fourth-order valence-corrected chi connectivity index (χ4v) is 5.58. The Morgan fingerprint density at radius 2 is 1.76 bits per heavy atom. The van der Waals surface area contributed by atoms with E-state index in [0.29, 0.717) is 29.1 Å². The van der Waals surface area contributed by atoms with E-state index in [1.807, 2.05) is 62.4 Å². The van der Waals surface area contributed by atoms with E-state index in [4.69, 9.17) is 4.98 Å². The number of thioether (sulfide) groups is 1. The van der Waals surface area contributed by atoms with Crippen LogP contribution in [0.2, 0.25) is 0 Å². The minimum atomic E-state index is -0.0711. The van der Waals surface area contributed by atoms with Crippen molar-refractivity contribution in [3.05, 3.63) is 70.5 Å². The lowest BCUT2D eigenvalue weighted by molar-refractivity contribution is -0.126. The van der Waals surface area contributed by atoms with Gasteiger partial charge in [0, 0.05) is 25.0 Å². The summed E-state index contributed by atoms with van der Waals surface area (Å²) in [6.45, 7) is 5.10. The van der Waals surface area contributed by atoms with E-state index < -0.39 is 0 Å². The van der Waals surface area contributed by atoms with Crippen molar-refractivity contribution in [3.63, 3.8) is 0 Å². The van der Waals surface area contributed by atoms with E-state index in [2.05, 4.69) is 10.6 Å². The molecule has 196 valence electrons. The molecule has 1 saturated carbocycles. The molecule has 0 bridgehead atoms. The Bertz CT molecular complexity index is 1270. The summed E-state index contributed by atoms with van der Waals surface area (Å²) in [4.78, 5) is 43.3. The van der Waals surface area contributed by atoms with Gasteiger partial charge >= 0.3 is 0 Å². The zero-order valence-corrected chi connectivity index (χ0v) is 22.4. The number of nitrogens with one attached hydrogen (secondary N) is 2. The molecule has 1 heterocycles. The highest BCUT2D eigenvalue weighted by molar-refractivity contribution is 7.99. The predicted molar refractivity (Wildman–Crippen MR) is 148 cm³/mol. The minimum absolute atomic E-state index is 0.00418. The maximum Gasteiger partial charge on any atom is 0.262 e. The highest BCUT2D eigenvalue weighted by Gasteiger charge is 2.27. The molecule has 4 rings (SSSR count). The van der Waals surface area contributed by atoms with E-state index in [1.54, 1.807) is 10.6 Å². The van der Waals surface area contributed by atoms with Crippen molar-refractivity contribution in [1.29, 1.82) is 0 Å². The number of carbonyl (C=O) groups excluding carboxylic acids is 2. The standard InChI is InChI=1S/C29H36N4O3S/c1-3-20(2)31-26(34)19-37-29-32-25-12-8-7-11-24(25)28(36)33(29)18-22-13-15-23(16-14-22)27(35)30-17-21-9-5-4-6-10-21/h4-12,20,22-23H,3,13-19H2,1-2H3,(H,30,35)(H,31,34)/t20-,22?,23?/m1/s1. The summed E-state index contributed by atoms with van der Waals surface area (Å²) < 4.78 is 1.74. The van der Waals surface area contributed by atoms with Gasteiger partial charge in [-0.15, -0.1) is 0 Å². The first-order valence-corrected chi connectivity index (χ1v) is 14.2. The van der Waals surface area contributed by atoms with Crippen LogP contribution in [0.25, 0.3) is 10.9 Å². The lowest BCUT2D eigenvalue weighted by Crippen LogP contribution is -2.35. The molecule has 37 heavy (non-hydrogen) atoms. The second-order valence-electron chi connectivity index (χ2n) is 9.91. The lowest BCUT2D eigenvalue weighted by Gasteiger charge is -2.28. The van der Waals surface area contributed by atoms with Crippen LogP contribution in [-0.2, 0) is 22.7 Å². The Balaban J connectivity index is 1.40. The summed E-state index contributed by atoms with van der Waals surface area (Å²) in [5, 5.41) is 7.21. The SMILES string of the molecule is CC[C@@H](C)NC(=O)CSc1nc2ccccc2c(=O)n1CC1CCC(C(=O)NCc2ccccc2)CC1. The second-order valence-corrected chi connectivity index (χ2v) is 10.9. The average Bonchev–Trinajstić information content (AvgIpc) is 2.93. The smallest absolute Gasteiger partial charge is 0.262 e. The van der Waals surface area contributed by atoms with E-state index >= 15 is 0 Å². The molecule has 1 aliphatic carbocycles. The Morgan fingerprint density at radius 3 is 2.49 bits per heavy atom. The molecular formula is C29H36N4O3S. The van der Waals surface area contributed by atoms with Crippen molar-refractivity contribution < 1.29 is 9.59 Å². The van der Waals surface area contributed by atoms with Crippen LogP contribution in [-0.4, -0.2) is 33.2 Å². The zero-order valence-electron chi connectivity index (χ0n) is 21.6. The third-order valence-electron chi connectivity index (χ3n) is 7.15. The molecule has 0 unspecified atom stereocenters. The van der Waals surface area contributed by atoms with E-state index in [9.17, 15) is 14.4 Å². The van der Waals surface area contributed by atoms with Crippen molar-refractivity contribution in [1.82, 2.24) is 20.2 Å². The molecule has 1 atom stereocenters. The molecule has 1 fully saturated rings. The number of carbonyl (C=O) groups is 2. The van der Waals surface area contributed by atoms with Gasteiger partial charge in [0.1, 0.15) is 0 Å². The Morgan fingerprint density at radius 1 is 1.05 bits per heavy atom. The number of hydrogen-bond donors (Lipinski definition) is 2. The maximum atomic E-state index is 13.4. The fraction of sp³-hybridized carbons (Fsp3) is 0.448. The van der Waals surface area contributed by atoms with Crippen LogP contribution in [0.3, 0.4) is 0 Å². The highest BCUT2D eigenvalue weighted by Crippen LogP contribution is 2.31. The Kier molecular flexibility index (Phi) is 9.39. The summed E-state index contributed by atoms with van der Waals surface area (Å²) in [5.74, 6) is 0.547. The molecule has 0 aliphatic heterocycles. The number of benzene rings is 2. The molecule has 1 aromatic heterocycles. The molecule has 0 saturated heterocycles. The number of nitrogens with zero attached hydrogens (tertiary/aromatic N) is 2. The third-order valence-corrected chi connectivity index (χ3v) is 8.12. The summed E-state index contributed by atoms with van der Waals surface area (Å²) in [6, 6.07) is 17.4. The third kappa shape index (κ3) is 7.22. The number of aromatic nitrogens is 2. The minimum Gasteiger partial charge on any atom is -0.353 e. The van der Waals surface area contributed by atoms with Crippen LogP contribution in [0.5, 0.6) is 0 Å². The molecule has 0 radical (unpaired) electrons. The Labute approximate surface area is 222 Å². The van der Waals surface area contributed by atoms with E-state index in [1.165, 1.54) is 11.8 Å². The molecule has 7 nitrogen and oxygen atoms in total. The van der Waals surface area contributed by atoms with Crippen LogP contribution in [0.15, 0.2) is 64.5 Å². The topological polar surface area (TPSA) is 93.1 Å². The summed E-state index contributed by atoms with van der Waals surface area (Å²) in [5.41, 5.74) is 1.67. The first kappa shape index (κ1) is 26.9. The summed E-state index contributed by atoms with van der Waals surface area (Å²) in [6.07, 6.45) is 4.23. The Hall–Kier alpha value is -3.13. The van der Waals surface area contributed by atoms with Gasteiger partial charge in [-0.2, -0.15) is 0 Å². The van der Waals surface area contributed by atoms with Gasteiger partial charge in [-0.25, -0.2) is 4.98 Å². The van der Waals surface area contributed by atoms with E-state index in [-0.39, 0.29) is 41.0 Å². The molecule has 2 amide bonds. The number of para-hydroxylation sites is 1. The number of rotatable bonds is 10.